The Labute approximate surface area is 162 Å². The summed E-state index contributed by atoms with van der Waals surface area (Å²) in [6, 6.07) is 2.36. The van der Waals surface area contributed by atoms with Crippen LogP contribution in [-0.2, 0) is 23.8 Å². The molecule has 1 aliphatic rings. The van der Waals surface area contributed by atoms with Crippen LogP contribution < -0.4 is 0 Å². The third kappa shape index (κ3) is 5.91. The molecule has 0 amide bonds. The number of carbonyl (C=O) groups is 2. The van der Waals surface area contributed by atoms with Crippen molar-refractivity contribution in [3.63, 3.8) is 0 Å². The Morgan fingerprint density at radius 3 is 2.56 bits per heavy atom. The lowest BCUT2D eigenvalue weighted by Gasteiger charge is -2.34. The molecule has 1 saturated carbocycles. The van der Waals surface area contributed by atoms with Crippen molar-refractivity contribution in [3.05, 3.63) is 0 Å². The lowest BCUT2D eigenvalue weighted by Crippen LogP contribution is -2.43. The van der Waals surface area contributed by atoms with Crippen molar-refractivity contribution in [2.75, 3.05) is 13.4 Å². The molecule has 5 unspecified atom stereocenters. The predicted octanol–water partition coefficient (Wildman–Crippen LogP) is 2.81. The Morgan fingerprint density at radius 1 is 1.41 bits per heavy atom. The molecule has 154 valence electrons. The summed E-state index contributed by atoms with van der Waals surface area (Å²) in [5, 5.41) is 18.9. The van der Waals surface area contributed by atoms with Crippen molar-refractivity contribution in [2.45, 2.75) is 73.0 Å². The Hall–Kier alpha value is -1.65. The number of aliphatic hydroxyl groups is 1. The van der Waals surface area contributed by atoms with E-state index in [1.54, 1.807) is 20.8 Å². The summed E-state index contributed by atoms with van der Waals surface area (Å²) in [5.74, 6) is -0.975. The van der Waals surface area contributed by atoms with Crippen molar-refractivity contribution in [2.24, 2.45) is 22.7 Å². The first-order chi connectivity index (χ1) is 12.5. The zero-order valence-electron chi connectivity index (χ0n) is 17.3. The number of nitriles is 1. The van der Waals surface area contributed by atoms with Crippen molar-refractivity contribution >= 4 is 11.9 Å². The van der Waals surface area contributed by atoms with Crippen LogP contribution in [0, 0.1) is 34.0 Å². The van der Waals surface area contributed by atoms with Crippen LogP contribution in [0.15, 0.2) is 0 Å². The molecule has 5 atom stereocenters. The van der Waals surface area contributed by atoms with Gasteiger partial charge in [0.2, 0.25) is 0 Å². The van der Waals surface area contributed by atoms with Crippen LogP contribution in [-0.4, -0.2) is 42.7 Å². The molecule has 0 heterocycles. The largest absolute Gasteiger partial charge is 0.457 e. The molecular formula is C20H33NO6. The van der Waals surface area contributed by atoms with Crippen LogP contribution in [0.4, 0.5) is 0 Å². The molecule has 0 aromatic rings. The first-order valence-corrected chi connectivity index (χ1v) is 9.51. The lowest BCUT2D eigenvalue weighted by molar-refractivity contribution is -0.179. The first-order valence-electron chi connectivity index (χ1n) is 9.51. The Bertz CT molecular complexity index is 569. The molecule has 0 bridgehead atoms. The van der Waals surface area contributed by atoms with E-state index in [1.807, 2.05) is 13.8 Å². The number of ether oxygens (including phenoxy) is 3. The molecule has 1 N–H and O–H groups in total. The van der Waals surface area contributed by atoms with E-state index in [-0.39, 0.29) is 5.92 Å². The van der Waals surface area contributed by atoms with Gasteiger partial charge in [-0.15, -0.1) is 0 Å². The van der Waals surface area contributed by atoms with Crippen LogP contribution in [0.5, 0.6) is 0 Å². The Morgan fingerprint density at radius 2 is 2.04 bits per heavy atom. The smallest absolute Gasteiger partial charge is 0.344 e. The summed E-state index contributed by atoms with van der Waals surface area (Å²) in [7, 11) is 0. The Kier molecular flexibility index (Phi) is 8.24. The van der Waals surface area contributed by atoms with Crippen molar-refractivity contribution in [1.82, 2.24) is 0 Å². The molecule has 0 aliphatic heterocycles. The van der Waals surface area contributed by atoms with Gasteiger partial charge in [0.15, 0.2) is 6.61 Å². The van der Waals surface area contributed by atoms with Gasteiger partial charge in [0.05, 0.1) is 16.9 Å². The monoisotopic (exact) mass is 383 g/mol. The van der Waals surface area contributed by atoms with E-state index >= 15 is 0 Å². The van der Waals surface area contributed by atoms with Gasteiger partial charge in [-0.2, -0.15) is 5.26 Å². The molecule has 0 spiro atoms. The van der Waals surface area contributed by atoms with E-state index < -0.39 is 48.4 Å². The van der Waals surface area contributed by atoms with Crippen molar-refractivity contribution < 1.29 is 28.9 Å². The van der Waals surface area contributed by atoms with E-state index in [0.29, 0.717) is 12.3 Å². The standard InChI is InChI=1S/C20H33NO6/c1-7-19(4,5)18(24)25-10-16(23)27-14(3)17(26-12-22)15-8-13(2)9-20(15,6)11-21/h13-15,17,22H,7-10,12H2,1-6H3. The molecule has 27 heavy (non-hydrogen) atoms. The highest BCUT2D eigenvalue weighted by Gasteiger charge is 2.49. The second kappa shape index (κ2) is 9.52. The van der Waals surface area contributed by atoms with Crippen LogP contribution in [0.25, 0.3) is 0 Å². The van der Waals surface area contributed by atoms with Gasteiger partial charge >= 0.3 is 11.9 Å². The summed E-state index contributed by atoms with van der Waals surface area (Å²) < 4.78 is 15.9. The number of nitrogens with zero attached hydrogens (tertiary/aromatic N) is 1. The molecule has 1 rings (SSSR count). The normalized spacial score (nSPS) is 27.5. The maximum Gasteiger partial charge on any atom is 0.344 e. The Balaban J connectivity index is 2.73. The van der Waals surface area contributed by atoms with Gasteiger partial charge in [0.1, 0.15) is 19.0 Å². The highest BCUT2D eigenvalue weighted by Crippen LogP contribution is 2.48. The maximum absolute atomic E-state index is 12.1. The fraction of sp³-hybridized carbons (Fsp3) is 0.850. The van der Waals surface area contributed by atoms with Crippen molar-refractivity contribution in [1.29, 1.82) is 5.26 Å². The SMILES string of the molecule is CCC(C)(C)C(=O)OCC(=O)OC(C)C(OCO)C1CC(C)CC1(C)C#N. The predicted molar refractivity (Wildman–Crippen MR) is 98.2 cm³/mol. The van der Waals surface area contributed by atoms with E-state index in [1.165, 1.54) is 0 Å². The van der Waals surface area contributed by atoms with Gasteiger partial charge in [-0.1, -0.05) is 13.8 Å². The highest BCUT2D eigenvalue weighted by molar-refractivity contribution is 5.79. The van der Waals surface area contributed by atoms with E-state index in [4.69, 9.17) is 14.2 Å². The third-order valence-corrected chi connectivity index (χ3v) is 5.70. The zero-order valence-corrected chi connectivity index (χ0v) is 17.3. The third-order valence-electron chi connectivity index (χ3n) is 5.70. The topological polar surface area (TPSA) is 106 Å². The molecule has 0 aromatic carbocycles. The van der Waals surface area contributed by atoms with Gasteiger partial charge in [0.25, 0.3) is 0 Å². The molecular weight excluding hydrogens is 350 g/mol. The first kappa shape index (κ1) is 23.4. The van der Waals surface area contributed by atoms with Crippen molar-refractivity contribution in [3.8, 4) is 6.07 Å². The molecule has 1 aliphatic carbocycles. The minimum absolute atomic E-state index is 0.172. The number of rotatable bonds is 9. The summed E-state index contributed by atoms with van der Waals surface area (Å²) in [6.45, 7) is 9.96. The van der Waals surface area contributed by atoms with E-state index in [9.17, 15) is 20.0 Å². The average molecular weight is 383 g/mol. The van der Waals surface area contributed by atoms with Crippen LogP contribution in [0.2, 0.25) is 0 Å². The summed E-state index contributed by atoms with van der Waals surface area (Å²) in [5.41, 5.74) is -1.28. The fourth-order valence-corrected chi connectivity index (χ4v) is 3.71. The summed E-state index contributed by atoms with van der Waals surface area (Å²) in [4.78, 5) is 24.1. The molecule has 1 fully saturated rings. The number of aliphatic hydroxyl groups excluding tert-OH is 1. The van der Waals surface area contributed by atoms with Crippen LogP contribution in [0.3, 0.4) is 0 Å². The summed E-state index contributed by atoms with van der Waals surface area (Å²) in [6.07, 6.45) is 0.762. The fourth-order valence-electron chi connectivity index (χ4n) is 3.71. The molecule has 0 aromatic heterocycles. The number of hydrogen-bond acceptors (Lipinski definition) is 7. The maximum atomic E-state index is 12.1. The molecule has 7 nitrogen and oxygen atoms in total. The molecule has 0 radical (unpaired) electrons. The van der Waals surface area contributed by atoms with Gasteiger partial charge in [-0.25, -0.2) is 4.79 Å². The summed E-state index contributed by atoms with van der Waals surface area (Å²) >= 11 is 0. The minimum atomic E-state index is -0.689. The van der Waals surface area contributed by atoms with Gasteiger partial charge < -0.3 is 19.3 Å². The molecule has 0 saturated heterocycles. The van der Waals surface area contributed by atoms with E-state index in [0.717, 1.165) is 12.8 Å². The zero-order chi connectivity index (χ0) is 20.8. The average Bonchev–Trinajstić information content (AvgIpc) is 2.92. The number of hydrogen-bond donors (Lipinski definition) is 1. The molecule has 7 heteroatoms. The quantitative estimate of drug-likeness (QED) is 0.482. The second-order valence-electron chi connectivity index (χ2n) is 8.45. The second-order valence-corrected chi connectivity index (χ2v) is 8.45. The minimum Gasteiger partial charge on any atom is -0.457 e. The number of carbonyl (C=O) groups excluding carboxylic acids is 2. The lowest BCUT2D eigenvalue weighted by atomic mass is 9.76. The van der Waals surface area contributed by atoms with E-state index in [2.05, 4.69) is 13.0 Å². The van der Waals surface area contributed by atoms with Gasteiger partial charge in [-0.3, -0.25) is 4.79 Å². The van der Waals surface area contributed by atoms with Crippen LogP contribution in [0.1, 0.15) is 60.8 Å². The highest BCUT2D eigenvalue weighted by atomic mass is 16.6. The van der Waals surface area contributed by atoms with Gasteiger partial charge in [-0.05, 0) is 52.9 Å². The van der Waals surface area contributed by atoms with Crippen LogP contribution >= 0.6 is 0 Å². The van der Waals surface area contributed by atoms with Gasteiger partial charge in [0, 0.05) is 5.92 Å². The number of esters is 2.